The van der Waals surface area contributed by atoms with Gasteiger partial charge in [-0.15, -0.1) is 0 Å². The molecule has 88 heavy (non-hydrogen) atoms. The molecule has 0 atom stereocenters. The zero-order chi connectivity index (χ0) is 61.3. The van der Waals surface area contributed by atoms with Crippen molar-refractivity contribution < 1.29 is 0 Å². The standard InChI is InChI=1S/C82H80N2Si4/c1-85(2,3)67-48-40-63(41-49-67)83(64-42-50-68(51-43-64)86(4,5)6)61-36-32-57(33-37-61)79-71-24-13-17-28-75(71)81(76-29-18-14-25-72(76)79)59-22-21-23-60(56-59)82-77-30-19-15-26-73(77)80(74-27-16-20-31-78(74)82)58-34-38-62(39-35-58)84(65-44-52-69(53-45-65)87(7,8)9)66-46-54-70(55-47-66)88(10,11)12/h13-56H,1-12H3. The highest BCUT2D eigenvalue weighted by atomic mass is 28.3. The molecular weight excluding hydrogens is 1130 g/mol. The number of anilines is 6. The first-order valence-corrected chi connectivity index (χ1v) is 45.4. The quantitative estimate of drug-likeness (QED) is 0.0791. The van der Waals surface area contributed by atoms with Gasteiger partial charge in [0.2, 0.25) is 0 Å². The Morgan fingerprint density at radius 3 is 0.557 bits per heavy atom. The molecule has 13 aromatic rings. The molecule has 2 nitrogen and oxygen atoms in total. The Kier molecular flexibility index (Phi) is 15.1. The van der Waals surface area contributed by atoms with Crippen LogP contribution in [-0.2, 0) is 0 Å². The summed E-state index contributed by atoms with van der Waals surface area (Å²) in [5, 5.41) is 15.8. The molecule has 434 valence electrons. The summed E-state index contributed by atoms with van der Waals surface area (Å²) in [5.74, 6) is 0. The lowest BCUT2D eigenvalue weighted by atomic mass is 9.83. The molecular formula is C82H80N2Si4. The minimum atomic E-state index is -1.49. The zero-order valence-corrected chi connectivity index (χ0v) is 57.3. The van der Waals surface area contributed by atoms with Gasteiger partial charge in [-0.3, -0.25) is 0 Å². The molecule has 6 heteroatoms. The second kappa shape index (κ2) is 22.8. The molecule has 0 aromatic heterocycles. The van der Waals surface area contributed by atoms with E-state index in [1.54, 1.807) is 0 Å². The third-order valence-electron chi connectivity index (χ3n) is 18.1. The molecule has 0 amide bonds. The van der Waals surface area contributed by atoms with E-state index >= 15 is 0 Å². The minimum absolute atomic E-state index is 1.14. The first-order valence-electron chi connectivity index (χ1n) is 31.4. The highest BCUT2D eigenvalue weighted by Gasteiger charge is 2.25. The first-order chi connectivity index (χ1) is 42.2. The summed E-state index contributed by atoms with van der Waals surface area (Å²) in [7, 11) is -5.95. The van der Waals surface area contributed by atoms with Crippen LogP contribution >= 0.6 is 0 Å². The van der Waals surface area contributed by atoms with Crippen LogP contribution in [0, 0.1) is 0 Å². The first kappa shape index (κ1) is 58.4. The molecule has 0 saturated heterocycles. The molecule has 0 N–H and O–H groups in total. The Bertz CT molecular complexity index is 4190. The minimum Gasteiger partial charge on any atom is -0.311 e. The molecule has 0 aliphatic heterocycles. The predicted octanol–water partition coefficient (Wildman–Crippen LogP) is 22.1. The van der Waals surface area contributed by atoms with E-state index in [1.807, 2.05) is 0 Å². The molecule has 0 heterocycles. The second-order valence-corrected chi connectivity index (χ2v) is 48.5. The van der Waals surface area contributed by atoms with E-state index in [-0.39, 0.29) is 0 Å². The van der Waals surface area contributed by atoms with Crippen LogP contribution < -0.4 is 30.5 Å². The van der Waals surface area contributed by atoms with E-state index in [0.29, 0.717) is 0 Å². The monoisotopic (exact) mass is 1200 g/mol. The van der Waals surface area contributed by atoms with Crippen molar-refractivity contribution in [2.45, 2.75) is 78.6 Å². The number of hydrogen-bond donors (Lipinski definition) is 0. The van der Waals surface area contributed by atoms with Crippen molar-refractivity contribution in [3.63, 3.8) is 0 Å². The highest BCUT2D eigenvalue weighted by Crippen LogP contribution is 2.48. The van der Waals surface area contributed by atoms with Gasteiger partial charge < -0.3 is 9.80 Å². The summed E-state index contributed by atoms with van der Waals surface area (Å²) in [6.45, 7) is 29.1. The lowest BCUT2D eigenvalue weighted by Crippen LogP contribution is -2.37. The fraction of sp³-hybridized carbons (Fsp3) is 0.146. The van der Waals surface area contributed by atoms with Crippen molar-refractivity contribution in [2.24, 2.45) is 0 Å². The fourth-order valence-corrected chi connectivity index (χ4v) is 17.9. The van der Waals surface area contributed by atoms with Gasteiger partial charge in [-0.05, 0) is 166 Å². The van der Waals surface area contributed by atoms with Crippen molar-refractivity contribution in [3.05, 3.63) is 267 Å². The van der Waals surface area contributed by atoms with E-state index in [2.05, 4.69) is 355 Å². The molecule has 0 aliphatic rings. The van der Waals surface area contributed by atoms with Crippen LogP contribution in [0.25, 0.3) is 87.6 Å². The molecule has 13 aromatic carbocycles. The SMILES string of the molecule is C[Si](C)(C)c1ccc(N(c2ccc(-c3c4ccccc4c(-c4cccc(-c5c6ccccc6c(-c6ccc(N(c7ccc([Si](C)(C)C)cc7)c7ccc([Si](C)(C)C)cc7)cc6)c6ccccc56)c4)c4ccccc34)cc2)c2ccc([Si](C)(C)C)cc2)cc1. The number of nitrogens with zero attached hydrogens (tertiary/aromatic N) is 2. The summed E-state index contributed by atoms with van der Waals surface area (Å²) in [6.07, 6.45) is 0. The molecule has 13 rings (SSSR count). The van der Waals surface area contributed by atoms with Crippen molar-refractivity contribution in [3.8, 4) is 44.5 Å². The maximum atomic E-state index is 2.45. The van der Waals surface area contributed by atoms with Crippen molar-refractivity contribution in [2.75, 3.05) is 9.80 Å². The average molecular weight is 1210 g/mol. The van der Waals surface area contributed by atoms with Crippen LogP contribution in [0.3, 0.4) is 0 Å². The van der Waals surface area contributed by atoms with Gasteiger partial charge in [0.05, 0.1) is 32.3 Å². The lowest BCUT2D eigenvalue weighted by Gasteiger charge is -2.28. The van der Waals surface area contributed by atoms with E-state index in [1.165, 1.54) is 131 Å². The lowest BCUT2D eigenvalue weighted by molar-refractivity contribution is 1.29. The van der Waals surface area contributed by atoms with Crippen LogP contribution in [0.15, 0.2) is 267 Å². The predicted molar refractivity (Wildman–Crippen MR) is 399 cm³/mol. The van der Waals surface area contributed by atoms with Gasteiger partial charge in [0.1, 0.15) is 0 Å². The number of fused-ring (bicyclic) bond motifs is 4. The Hall–Kier alpha value is -8.63. The van der Waals surface area contributed by atoms with Crippen molar-refractivity contribution >= 4 is 130 Å². The normalized spacial score (nSPS) is 12.3. The summed E-state index contributed by atoms with van der Waals surface area (Å²) in [4.78, 5) is 4.85. The van der Waals surface area contributed by atoms with Gasteiger partial charge in [0.25, 0.3) is 0 Å². The molecule has 0 aliphatic carbocycles. The maximum absolute atomic E-state index is 2.45. The molecule has 0 saturated carbocycles. The van der Waals surface area contributed by atoms with E-state index in [4.69, 9.17) is 0 Å². The van der Waals surface area contributed by atoms with Gasteiger partial charge in [0, 0.05) is 34.1 Å². The number of benzene rings is 13. The Morgan fingerprint density at radius 2 is 0.364 bits per heavy atom. The third-order valence-corrected chi connectivity index (χ3v) is 26.4. The smallest absolute Gasteiger partial charge is 0.0775 e. The Balaban J connectivity index is 0.900. The molecule has 0 bridgehead atoms. The molecule has 0 unspecified atom stereocenters. The number of hydrogen-bond acceptors (Lipinski definition) is 2. The summed E-state index contributed by atoms with van der Waals surface area (Å²) < 4.78 is 0. The van der Waals surface area contributed by atoms with E-state index < -0.39 is 32.3 Å². The summed E-state index contributed by atoms with van der Waals surface area (Å²) in [5.41, 5.74) is 16.8. The van der Waals surface area contributed by atoms with Crippen LogP contribution in [0.5, 0.6) is 0 Å². The maximum Gasteiger partial charge on any atom is 0.0775 e. The summed E-state index contributed by atoms with van der Waals surface area (Å²) >= 11 is 0. The highest BCUT2D eigenvalue weighted by molar-refractivity contribution is 6.90. The topological polar surface area (TPSA) is 6.48 Å². The van der Waals surface area contributed by atoms with Gasteiger partial charge in [0.15, 0.2) is 0 Å². The van der Waals surface area contributed by atoms with E-state index in [0.717, 1.165) is 11.4 Å². The van der Waals surface area contributed by atoms with Crippen LogP contribution in [0.1, 0.15) is 0 Å². The molecule has 0 radical (unpaired) electrons. The van der Waals surface area contributed by atoms with Crippen LogP contribution in [0.4, 0.5) is 34.1 Å². The zero-order valence-electron chi connectivity index (χ0n) is 53.3. The van der Waals surface area contributed by atoms with Crippen LogP contribution in [-0.4, -0.2) is 32.3 Å². The van der Waals surface area contributed by atoms with Crippen molar-refractivity contribution in [1.82, 2.24) is 0 Å². The van der Waals surface area contributed by atoms with Gasteiger partial charge in [-0.1, -0.05) is 287 Å². The second-order valence-electron chi connectivity index (χ2n) is 28.2. The Labute approximate surface area is 526 Å². The van der Waals surface area contributed by atoms with E-state index in [9.17, 15) is 0 Å². The number of rotatable bonds is 14. The Morgan fingerprint density at radius 1 is 0.182 bits per heavy atom. The van der Waals surface area contributed by atoms with Gasteiger partial charge in [-0.25, -0.2) is 0 Å². The third kappa shape index (κ3) is 11.1. The van der Waals surface area contributed by atoms with Crippen LogP contribution in [0.2, 0.25) is 78.6 Å². The van der Waals surface area contributed by atoms with Crippen molar-refractivity contribution in [1.29, 1.82) is 0 Å². The average Bonchev–Trinajstić information content (AvgIpc) is 0.837. The molecule has 0 fully saturated rings. The largest absolute Gasteiger partial charge is 0.311 e. The van der Waals surface area contributed by atoms with Gasteiger partial charge >= 0.3 is 0 Å². The summed E-state index contributed by atoms with van der Waals surface area (Å²) in [6, 6.07) is 102. The van der Waals surface area contributed by atoms with Gasteiger partial charge in [-0.2, -0.15) is 0 Å². The fourth-order valence-electron chi connectivity index (χ4n) is 13.2. The molecule has 0 spiro atoms.